The number of likely N-dealkylation sites (tertiary alicyclic amines) is 1. The number of carbonyl (C=O) groups is 3. The van der Waals surface area contributed by atoms with Gasteiger partial charge in [-0.05, 0) is 57.9 Å². The van der Waals surface area contributed by atoms with Gasteiger partial charge in [0, 0.05) is 36.6 Å². The zero-order valence-corrected chi connectivity index (χ0v) is 25.6. The number of cyclic esters (lactones) is 1. The summed E-state index contributed by atoms with van der Waals surface area (Å²) in [6, 6.07) is 8.05. The van der Waals surface area contributed by atoms with Crippen LogP contribution in [-0.2, 0) is 26.4 Å². The molecule has 7 rings (SSSR count). The molecule has 14 heteroatoms. The Hall–Kier alpha value is -5.06. The molecule has 0 bridgehead atoms. The lowest BCUT2D eigenvalue weighted by Crippen LogP contribution is -2.52. The second kappa shape index (κ2) is 10.5. The van der Waals surface area contributed by atoms with Gasteiger partial charge in [-0.3, -0.25) is 14.7 Å². The first kappa shape index (κ1) is 29.6. The number of rotatable bonds is 7. The number of carbonyl (C=O) groups excluding carboxylic acids is 3. The van der Waals surface area contributed by atoms with Gasteiger partial charge in [-0.2, -0.15) is 0 Å². The molecule has 46 heavy (non-hydrogen) atoms. The fourth-order valence-electron chi connectivity index (χ4n) is 6.75. The van der Waals surface area contributed by atoms with E-state index in [9.17, 15) is 14.4 Å². The van der Waals surface area contributed by atoms with Crippen LogP contribution in [0.15, 0.2) is 48.9 Å². The summed E-state index contributed by atoms with van der Waals surface area (Å²) in [6.07, 6.45) is 4.26. The molecule has 2 aliphatic carbocycles. The molecule has 2 saturated heterocycles. The highest BCUT2D eigenvalue weighted by molar-refractivity contribution is 5.93. The highest BCUT2D eigenvalue weighted by Crippen LogP contribution is 2.64. The van der Waals surface area contributed by atoms with Gasteiger partial charge in [0.05, 0.1) is 36.8 Å². The third kappa shape index (κ3) is 5.09. The van der Waals surface area contributed by atoms with Gasteiger partial charge in [-0.25, -0.2) is 25.2 Å². The maximum Gasteiger partial charge on any atom is 0.414 e. The molecule has 4 heterocycles. The van der Waals surface area contributed by atoms with Crippen molar-refractivity contribution in [1.29, 1.82) is 0 Å². The second-order valence-corrected chi connectivity index (χ2v) is 13.4. The Balaban J connectivity index is 0.995. The Morgan fingerprint density at radius 2 is 1.93 bits per heavy atom. The Bertz CT molecular complexity index is 1730. The molecule has 238 valence electrons. The molecule has 3 amide bonds. The number of pyridine rings is 1. The number of nitrogens with zero attached hydrogens (tertiary/aromatic N) is 7. The molecular weight excluding hydrogens is 595 g/mol. The van der Waals surface area contributed by atoms with Crippen molar-refractivity contribution in [3.63, 3.8) is 0 Å². The fourth-order valence-corrected chi connectivity index (χ4v) is 6.75. The first-order chi connectivity index (χ1) is 21.9. The Morgan fingerprint density at radius 3 is 2.52 bits per heavy atom. The summed E-state index contributed by atoms with van der Waals surface area (Å²) in [6.45, 7) is 14.7. The monoisotopic (exact) mass is 628 g/mol. The molecule has 3 aromatic rings. The van der Waals surface area contributed by atoms with E-state index in [0.29, 0.717) is 55.0 Å². The van der Waals surface area contributed by atoms with Gasteiger partial charge in [0.25, 0.3) is 5.54 Å². The van der Waals surface area contributed by atoms with Crippen LogP contribution in [0.1, 0.15) is 39.3 Å². The largest absolute Gasteiger partial charge is 0.444 e. The minimum Gasteiger partial charge on any atom is -0.444 e. The van der Waals surface area contributed by atoms with Crippen molar-refractivity contribution < 1.29 is 28.2 Å². The normalized spacial score (nSPS) is 25.8. The SMILES string of the molecule is [C-]#[N+]C1(c2ccc(-c3ccc(N4C[C@H](Cn5ccnn5)OC4=O)cc3F)cn2)[C@@H]2CN(C(=O)C3(NC(=O)OC(C)(C)C)CC3)C[C@@H]21. The lowest BCUT2D eigenvalue weighted by atomic mass is 10.0. The first-order valence-electron chi connectivity index (χ1n) is 15.2. The maximum absolute atomic E-state index is 15.4. The zero-order valence-electron chi connectivity index (χ0n) is 25.6. The average molecular weight is 629 g/mol. The van der Waals surface area contributed by atoms with Gasteiger partial charge in [0.15, 0.2) is 0 Å². The number of ether oxygens (including phenoxy) is 2. The zero-order chi connectivity index (χ0) is 32.4. The average Bonchev–Trinajstić information content (AvgIpc) is 3.59. The van der Waals surface area contributed by atoms with E-state index in [-0.39, 0.29) is 24.3 Å². The van der Waals surface area contributed by atoms with Crippen LogP contribution >= 0.6 is 0 Å². The van der Waals surface area contributed by atoms with Crippen LogP contribution in [-0.4, -0.2) is 79.8 Å². The molecule has 1 aromatic carbocycles. The molecule has 2 aromatic heterocycles. The summed E-state index contributed by atoms with van der Waals surface area (Å²) in [5, 5.41) is 10.4. The van der Waals surface area contributed by atoms with Crippen LogP contribution in [0.2, 0.25) is 0 Å². The van der Waals surface area contributed by atoms with E-state index in [1.807, 2.05) is 0 Å². The predicted molar refractivity (Wildman–Crippen MR) is 160 cm³/mol. The Morgan fingerprint density at radius 1 is 1.17 bits per heavy atom. The topological polar surface area (TPSA) is 136 Å². The van der Waals surface area contributed by atoms with E-state index in [2.05, 4.69) is 25.5 Å². The number of benzene rings is 1. The van der Waals surface area contributed by atoms with Crippen LogP contribution in [0, 0.1) is 24.2 Å². The van der Waals surface area contributed by atoms with Gasteiger partial charge in [-0.15, -0.1) is 5.10 Å². The number of fused-ring (bicyclic) bond motifs is 1. The molecule has 1 unspecified atom stereocenters. The molecule has 0 radical (unpaired) electrons. The number of anilines is 1. The van der Waals surface area contributed by atoms with Crippen molar-refractivity contribution in [2.75, 3.05) is 24.5 Å². The van der Waals surface area contributed by atoms with E-state index < -0.39 is 40.8 Å². The lowest BCUT2D eigenvalue weighted by Gasteiger charge is -2.27. The third-order valence-electron chi connectivity index (χ3n) is 9.20. The molecule has 2 aliphatic heterocycles. The number of halogens is 1. The van der Waals surface area contributed by atoms with E-state index in [1.54, 1.807) is 67.0 Å². The van der Waals surface area contributed by atoms with Crippen molar-refractivity contribution >= 4 is 23.8 Å². The van der Waals surface area contributed by atoms with Crippen molar-refractivity contribution in [1.82, 2.24) is 30.2 Å². The number of aromatic nitrogens is 4. The number of amides is 3. The summed E-state index contributed by atoms with van der Waals surface area (Å²) in [5.41, 5.74) is -0.627. The summed E-state index contributed by atoms with van der Waals surface area (Å²) in [7, 11) is 0. The smallest absolute Gasteiger partial charge is 0.414 e. The van der Waals surface area contributed by atoms with Gasteiger partial charge in [0.1, 0.15) is 28.8 Å². The maximum atomic E-state index is 15.4. The van der Waals surface area contributed by atoms with Crippen LogP contribution in [0.3, 0.4) is 0 Å². The van der Waals surface area contributed by atoms with Crippen molar-refractivity contribution in [2.24, 2.45) is 11.8 Å². The minimum atomic E-state index is -0.936. The van der Waals surface area contributed by atoms with Crippen LogP contribution in [0.5, 0.6) is 0 Å². The van der Waals surface area contributed by atoms with Crippen LogP contribution in [0.25, 0.3) is 16.0 Å². The first-order valence-corrected chi connectivity index (χ1v) is 15.2. The van der Waals surface area contributed by atoms with Gasteiger partial charge in [-0.1, -0.05) is 11.3 Å². The number of hydrogen-bond donors (Lipinski definition) is 1. The molecule has 4 aliphatic rings. The van der Waals surface area contributed by atoms with Gasteiger partial charge in [0.2, 0.25) is 5.91 Å². The van der Waals surface area contributed by atoms with Crippen LogP contribution in [0.4, 0.5) is 19.7 Å². The standard InChI is InChI=1S/C32H33FN8O5/c1-30(2,3)46-28(43)37-31(9-10-31)27(42)39-17-23-24(18-39)32(23,34-4)26-8-5-19(14-35-26)22-7-6-20(13-25(22)33)41-16-21(45-29(41)44)15-40-12-11-36-38-40/h5-8,11-14,21,23-24H,9-10,15-18H2,1-3H3,(H,37,43)/t21-,23-,24+,32?/m0/s1. The molecule has 1 N–H and O–H groups in total. The number of nitrogens with one attached hydrogen (secondary N) is 1. The summed E-state index contributed by atoms with van der Waals surface area (Å²) < 4.78 is 27.7. The summed E-state index contributed by atoms with van der Waals surface area (Å²) in [5.74, 6) is -0.811. The Labute approximate surface area is 264 Å². The molecule has 13 nitrogen and oxygen atoms in total. The van der Waals surface area contributed by atoms with E-state index in [1.165, 1.54) is 17.2 Å². The van der Waals surface area contributed by atoms with Crippen molar-refractivity contribution in [2.45, 2.75) is 62.9 Å². The molecule has 0 spiro atoms. The minimum absolute atomic E-state index is 0.0748. The molecule has 4 fully saturated rings. The number of hydrogen-bond acceptors (Lipinski definition) is 8. The quantitative estimate of drug-likeness (QED) is 0.391. The third-order valence-corrected chi connectivity index (χ3v) is 9.20. The van der Waals surface area contributed by atoms with Crippen molar-refractivity contribution in [3.8, 4) is 11.1 Å². The Kier molecular flexibility index (Phi) is 6.77. The van der Waals surface area contributed by atoms with E-state index in [0.717, 1.165) is 0 Å². The lowest BCUT2D eigenvalue weighted by molar-refractivity contribution is -0.134. The fraction of sp³-hybridized carbons (Fsp3) is 0.469. The number of alkyl carbamates (subject to hydrolysis) is 1. The van der Waals surface area contributed by atoms with Crippen LogP contribution < -0.4 is 10.2 Å². The van der Waals surface area contributed by atoms with E-state index >= 15 is 4.39 Å². The summed E-state index contributed by atoms with van der Waals surface area (Å²) in [4.78, 5) is 49.9. The van der Waals surface area contributed by atoms with Gasteiger partial charge < -0.3 is 24.5 Å². The summed E-state index contributed by atoms with van der Waals surface area (Å²) >= 11 is 0. The number of piperidine rings is 1. The molecule has 4 atom stereocenters. The van der Waals surface area contributed by atoms with Gasteiger partial charge >= 0.3 is 12.2 Å². The highest BCUT2D eigenvalue weighted by atomic mass is 19.1. The van der Waals surface area contributed by atoms with Crippen molar-refractivity contribution in [3.05, 3.63) is 71.9 Å². The highest BCUT2D eigenvalue weighted by Gasteiger charge is 2.78. The molecular formula is C32H33FN8O5. The second-order valence-electron chi connectivity index (χ2n) is 13.4. The molecule has 2 saturated carbocycles. The van der Waals surface area contributed by atoms with E-state index in [4.69, 9.17) is 16.0 Å². The predicted octanol–water partition coefficient (Wildman–Crippen LogP) is 3.76.